The predicted molar refractivity (Wildman–Crippen MR) is 120 cm³/mol. The SMILES string of the molecule is Nc1ccn(C2C[C@H](OC(=O)c3ccccc3)[C@@H](COC(=O)c3ccccc3)S2)c(=O)n1. The molecule has 1 saturated heterocycles. The Kier molecular flexibility index (Phi) is 6.55. The van der Waals surface area contributed by atoms with Crippen LogP contribution in [0.5, 0.6) is 0 Å². The van der Waals surface area contributed by atoms with E-state index in [9.17, 15) is 14.4 Å². The first-order valence-corrected chi connectivity index (χ1v) is 10.9. The zero-order valence-electron chi connectivity index (χ0n) is 17.0. The van der Waals surface area contributed by atoms with Gasteiger partial charge in [0.15, 0.2) is 0 Å². The Morgan fingerprint density at radius 1 is 1.00 bits per heavy atom. The molecule has 0 radical (unpaired) electrons. The first-order valence-electron chi connectivity index (χ1n) is 9.99. The van der Waals surface area contributed by atoms with Crippen LogP contribution in [0.15, 0.2) is 77.7 Å². The van der Waals surface area contributed by atoms with E-state index in [1.165, 1.54) is 22.4 Å². The van der Waals surface area contributed by atoms with Crippen LogP contribution in [0.4, 0.5) is 5.82 Å². The number of aromatic nitrogens is 2. The Morgan fingerprint density at radius 2 is 1.62 bits per heavy atom. The summed E-state index contributed by atoms with van der Waals surface area (Å²) in [5.74, 6) is -0.803. The Hall–Kier alpha value is -3.59. The number of nitrogen functional groups attached to an aromatic ring is 1. The first kappa shape index (κ1) is 21.6. The molecule has 0 aliphatic carbocycles. The van der Waals surface area contributed by atoms with Gasteiger partial charge in [0.2, 0.25) is 0 Å². The van der Waals surface area contributed by atoms with E-state index in [4.69, 9.17) is 15.2 Å². The van der Waals surface area contributed by atoms with E-state index in [-0.39, 0.29) is 23.0 Å². The van der Waals surface area contributed by atoms with Gasteiger partial charge in [-0.05, 0) is 30.3 Å². The lowest BCUT2D eigenvalue weighted by molar-refractivity contribution is 0.0205. The van der Waals surface area contributed by atoms with Crippen molar-refractivity contribution in [1.29, 1.82) is 0 Å². The van der Waals surface area contributed by atoms with Crippen LogP contribution in [-0.4, -0.2) is 39.5 Å². The maximum absolute atomic E-state index is 12.6. The standard InChI is InChI=1S/C23H21N3O5S/c24-19-11-12-26(23(29)25-19)20-13-17(31-22(28)16-9-5-2-6-10-16)18(32-20)14-30-21(27)15-7-3-1-4-8-15/h1-12,17-18,20H,13-14H2,(H2,24,25,29)/t17-,18+,20?/m0/s1. The summed E-state index contributed by atoms with van der Waals surface area (Å²) in [4.78, 5) is 41.1. The molecule has 9 heteroatoms. The van der Waals surface area contributed by atoms with Crippen molar-refractivity contribution < 1.29 is 19.1 Å². The van der Waals surface area contributed by atoms with Crippen molar-refractivity contribution in [2.24, 2.45) is 0 Å². The second-order valence-electron chi connectivity index (χ2n) is 7.18. The van der Waals surface area contributed by atoms with Crippen molar-refractivity contribution >= 4 is 29.5 Å². The lowest BCUT2D eigenvalue weighted by Crippen LogP contribution is -2.30. The van der Waals surface area contributed by atoms with Crippen LogP contribution in [0.3, 0.4) is 0 Å². The summed E-state index contributed by atoms with van der Waals surface area (Å²) in [5, 5.41) is -0.700. The Balaban J connectivity index is 1.50. The molecule has 0 saturated carbocycles. The molecule has 0 amide bonds. The van der Waals surface area contributed by atoms with E-state index >= 15 is 0 Å². The molecule has 2 heterocycles. The third-order valence-electron chi connectivity index (χ3n) is 5.00. The van der Waals surface area contributed by atoms with Crippen LogP contribution in [0.2, 0.25) is 0 Å². The molecular weight excluding hydrogens is 430 g/mol. The van der Waals surface area contributed by atoms with Gasteiger partial charge in [0.05, 0.1) is 21.8 Å². The van der Waals surface area contributed by atoms with Gasteiger partial charge in [-0.1, -0.05) is 36.4 Å². The summed E-state index contributed by atoms with van der Waals surface area (Å²) >= 11 is 1.39. The normalized spacial score (nSPS) is 19.9. The van der Waals surface area contributed by atoms with Gasteiger partial charge in [-0.3, -0.25) is 4.57 Å². The molecule has 1 aliphatic heterocycles. The first-order chi connectivity index (χ1) is 15.5. The fraction of sp³-hybridized carbons (Fsp3) is 0.217. The highest BCUT2D eigenvalue weighted by molar-refractivity contribution is 8.00. The van der Waals surface area contributed by atoms with Crippen molar-refractivity contribution in [3.8, 4) is 0 Å². The van der Waals surface area contributed by atoms with Crippen LogP contribution in [0.25, 0.3) is 0 Å². The number of hydrogen-bond donors (Lipinski definition) is 1. The lowest BCUT2D eigenvalue weighted by atomic mass is 10.1. The number of anilines is 1. The zero-order valence-corrected chi connectivity index (χ0v) is 17.8. The van der Waals surface area contributed by atoms with E-state index in [0.29, 0.717) is 17.5 Å². The van der Waals surface area contributed by atoms with Gasteiger partial charge in [-0.2, -0.15) is 4.98 Å². The quantitative estimate of drug-likeness (QED) is 0.569. The van der Waals surface area contributed by atoms with Gasteiger partial charge in [0.25, 0.3) is 0 Å². The fourth-order valence-electron chi connectivity index (χ4n) is 3.39. The number of benzene rings is 2. The summed E-state index contributed by atoms with van der Waals surface area (Å²) in [5.41, 5.74) is 5.96. The maximum atomic E-state index is 12.6. The summed E-state index contributed by atoms with van der Waals surface area (Å²) < 4.78 is 12.7. The highest BCUT2D eigenvalue weighted by Crippen LogP contribution is 2.42. The number of nitrogens with zero attached hydrogens (tertiary/aromatic N) is 2. The van der Waals surface area contributed by atoms with Gasteiger partial charge in [0, 0.05) is 12.6 Å². The highest BCUT2D eigenvalue weighted by Gasteiger charge is 2.40. The van der Waals surface area contributed by atoms with E-state index in [2.05, 4.69) is 4.98 Å². The third-order valence-corrected chi connectivity index (χ3v) is 6.52. The molecule has 1 fully saturated rings. The van der Waals surface area contributed by atoms with Gasteiger partial charge < -0.3 is 15.2 Å². The number of carbonyl (C=O) groups is 2. The molecule has 3 atom stereocenters. The minimum absolute atomic E-state index is 0.0266. The van der Waals surface area contributed by atoms with Crippen molar-refractivity contribution in [3.63, 3.8) is 0 Å². The molecule has 3 aromatic rings. The number of rotatable bonds is 6. The van der Waals surface area contributed by atoms with Gasteiger partial charge >= 0.3 is 17.6 Å². The Labute approximate surface area is 188 Å². The zero-order chi connectivity index (χ0) is 22.5. The van der Waals surface area contributed by atoms with Crippen LogP contribution in [0.1, 0.15) is 32.5 Å². The topological polar surface area (TPSA) is 114 Å². The minimum Gasteiger partial charge on any atom is -0.461 e. The smallest absolute Gasteiger partial charge is 0.350 e. The largest absolute Gasteiger partial charge is 0.461 e. The number of hydrogen-bond acceptors (Lipinski definition) is 8. The third kappa shape index (κ3) is 5.00. The predicted octanol–water partition coefficient (Wildman–Crippen LogP) is 2.91. The summed E-state index contributed by atoms with van der Waals surface area (Å²) in [6, 6.07) is 18.8. The van der Waals surface area contributed by atoms with E-state index in [0.717, 1.165) is 0 Å². The van der Waals surface area contributed by atoms with E-state index in [1.807, 2.05) is 12.1 Å². The molecule has 2 aromatic carbocycles. The average molecular weight is 452 g/mol. The Bertz CT molecular complexity index is 1150. The van der Waals surface area contributed by atoms with Gasteiger partial charge in [-0.25, -0.2) is 14.4 Å². The summed E-state index contributed by atoms with van der Waals surface area (Å²) in [6.45, 7) is 0.0266. The van der Waals surface area contributed by atoms with Gasteiger partial charge in [-0.15, -0.1) is 11.8 Å². The highest BCUT2D eigenvalue weighted by atomic mass is 32.2. The van der Waals surface area contributed by atoms with Gasteiger partial charge in [0.1, 0.15) is 18.5 Å². The van der Waals surface area contributed by atoms with Crippen LogP contribution >= 0.6 is 11.8 Å². The van der Waals surface area contributed by atoms with E-state index < -0.39 is 23.7 Å². The van der Waals surface area contributed by atoms with Crippen molar-refractivity contribution in [2.75, 3.05) is 12.3 Å². The number of thioether (sulfide) groups is 1. The molecule has 2 N–H and O–H groups in total. The number of esters is 2. The number of nitrogens with two attached hydrogens (primary N) is 1. The molecule has 1 aliphatic rings. The molecule has 164 valence electrons. The van der Waals surface area contributed by atoms with Crippen LogP contribution < -0.4 is 11.4 Å². The number of carbonyl (C=O) groups excluding carboxylic acids is 2. The van der Waals surface area contributed by atoms with Crippen molar-refractivity contribution in [1.82, 2.24) is 9.55 Å². The second kappa shape index (κ2) is 9.69. The minimum atomic E-state index is -0.564. The molecule has 0 spiro atoms. The average Bonchev–Trinajstić information content (AvgIpc) is 3.20. The summed E-state index contributed by atoms with van der Waals surface area (Å²) in [7, 11) is 0. The molecule has 1 aromatic heterocycles. The summed E-state index contributed by atoms with van der Waals surface area (Å²) in [6.07, 6.45) is 1.37. The Morgan fingerprint density at radius 3 is 2.25 bits per heavy atom. The molecule has 4 rings (SSSR count). The number of ether oxygens (including phenoxy) is 2. The van der Waals surface area contributed by atoms with E-state index in [1.54, 1.807) is 54.7 Å². The van der Waals surface area contributed by atoms with Crippen LogP contribution in [-0.2, 0) is 9.47 Å². The lowest BCUT2D eigenvalue weighted by Gasteiger charge is -2.19. The molecule has 8 nitrogen and oxygen atoms in total. The maximum Gasteiger partial charge on any atom is 0.350 e. The molecule has 1 unspecified atom stereocenters. The molecule has 32 heavy (non-hydrogen) atoms. The second-order valence-corrected chi connectivity index (χ2v) is 8.60. The monoisotopic (exact) mass is 451 g/mol. The van der Waals surface area contributed by atoms with Crippen LogP contribution in [0, 0.1) is 0 Å². The molecule has 0 bridgehead atoms. The van der Waals surface area contributed by atoms with Crippen molar-refractivity contribution in [2.45, 2.75) is 23.1 Å². The van der Waals surface area contributed by atoms with Crippen molar-refractivity contribution in [3.05, 3.63) is 94.5 Å². The fourth-order valence-corrected chi connectivity index (χ4v) is 4.87. The molecular formula is C23H21N3O5S.